The summed E-state index contributed by atoms with van der Waals surface area (Å²) < 4.78 is 173. The lowest BCUT2D eigenvalue weighted by atomic mass is 9.94. The third-order valence-electron chi connectivity index (χ3n) is 4.21. The first-order chi connectivity index (χ1) is 16.1. The van der Waals surface area contributed by atoms with Gasteiger partial charge in [0, 0.05) is 11.0 Å². The summed E-state index contributed by atoms with van der Waals surface area (Å²) in [5, 5.41) is 11.1. The molecule has 0 amide bonds. The van der Waals surface area contributed by atoms with E-state index in [4.69, 9.17) is 0 Å². The first-order valence-corrected chi connectivity index (χ1v) is 11.2. The number of nitro groups is 1. The molecule has 6 nitrogen and oxygen atoms in total. The Morgan fingerprint density at radius 3 is 2.00 bits per heavy atom. The van der Waals surface area contributed by atoms with E-state index in [0.29, 0.717) is 0 Å². The van der Waals surface area contributed by atoms with Crippen LogP contribution in [0, 0.1) is 10.1 Å². The highest BCUT2D eigenvalue weighted by molar-refractivity contribution is 7.98. The molecule has 0 saturated heterocycles. The number of alkyl halides is 12. The molecule has 1 unspecified atom stereocenters. The number of hydrogen-bond acceptors (Lipinski definition) is 6. The summed E-state index contributed by atoms with van der Waals surface area (Å²) in [6, 6.07) is 2.96. The van der Waals surface area contributed by atoms with Crippen LogP contribution in [0.3, 0.4) is 0 Å². The number of carbonyl (C=O) groups excluding carboxylic acids is 1. The number of carbonyl (C=O) groups is 1. The van der Waals surface area contributed by atoms with Crippen LogP contribution < -0.4 is 0 Å². The van der Waals surface area contributed by atoms with Crippen LogP contribution in [-0.4, -0.2) is 69.8 Å². The maximum absolute atomic E-state index is 13.7. The van der Waals surface area contributed by atoms with Gasteiger partial charge in [0.2, 0.25) is 0 Å². The van der Waals surface area contributed by atoms with Gasteiger partial charge in [0.05, 0.1) is 15.7 Å². The number of esters is 1. The highest BCUT2D eigenvalue weighted by Crippen LogP contribution is 2.58. The predicted octanol–water partition coefficient (Wildman–Crippen LogP) is 5.41. The molecule has 1 atom stereocenters. The van der Waals surface area contributed by atoms with Crippen LogP contribution in [0.25, 0.3) is 0 Å². The van der Waals surface area contributed by atoms with Crippen molar-refractivity contribution in [2.75, 3.05) is 18.6 Å². The number of halogens is 12. The molecule has 0 aliphatic carbocycles. The molecule has 0 aliphatic heterocycles. The van der Waals surface area contributed by atoms with Crippen LogP contribution >= 0.6 is 11.8 Å². The summed E-state index contributed by atoms with van der Waals surface area (Å²) in [6.45, 7) is -3.17. The van der Waals surface area contributed by atoms with Crippen molar-refractivity contribution in [3.8, 4) is 0 Å². The van der Waals surface area contributed by atoms with Crippen molar-refractivity contribution >= 4 is 34.2 Å². The molecule has 20 heteroatoms. The third-order valence-corrected chi connectivity index (χ3v) is 6.27. The second kappa shape index (κ2) is 10.6. The van der Waals surface area contributed by atoms with Gasteiger partial charge in [-0.15, -0.1) is 11.8 Å². The van der Waals surface area contributed by atoms with Gasteiger partial charge < -0.3 is 4.74 Å². The third kappa shape index (κ3) is 5.67. The maximum atomic E-state index is 13.7. The number of nitro benzene ring substituents is 1. The van der Waals surface area contributed by atoms with E-state index >= 15 is 0 Å². The molecule has 0 radical (unpaired) electrons. The number of nitrogens with zero attached hydrogens (tertiary/aromatic N) is 1. The standard InChI is InChI=1S/C16H11F12NO5S2/c1-35-7-2-3-9(8(4-7)29(31)32)36(33)5-10(30)34-6-12(19,20)14(23,24)16(27,28)15(25,26)13(21,22)11(17)18/h2-4,11H,5-6H2,1H3. The van der Waals surface area contributed by atoms with Crippen LogP contribution in [0.4, 0.5) is 58.4 Å². The highest BCUT2D eigenvalue weighted by atomic mass is 32.2. The van der Waals surface area contributed by atoms with Crippen LogP contribution in [-0.2, 0) is 20.3 Å². The van der Waals surface area contributed by atoms with E-state index in [1.165, 1.54) is 12.3 Å². The lowest BCUT2D eigenvalue weighted by molar-refractivity contribution is -0.414. The minimum Gasteiger partial charge on any atom is -0.458 e. The highest BCUT2D eigenvalue weighted by Gasteiger charge is 2.87. The van der Waals surface area contributed by atoms with E-state index < -0.39 is 80.7 Å². The van der Waals surface area contributed by atoms with Gasteiger partial charge in [0.15, 0.2) is 6.61 Å². The molecule has 0 fully saturated rings. The predicted molar refractivity (Wildman–Crippen MR) is 97.9 cm³/mol. The van der Waals surface area contributed by atoms with Gasteiger partial charge in [-0.05, 0) is 18.4 Å². The first-order valence-electron chi connectivity index (χ1n) is 8.62. The Balaban J connectivity index is 3.09. The lowest BCUT2D eigenvalue weighted by Crippen LogP contribution is -2.69. The topological polar surface area (TPSA) is 86.5 Å². The summed E-state index contributed by atoms with van der Waals surface area (Å²) >= 11 is 1.00. The molecule has 1 aromatic carbocycles. The first kappa shape index (κ1) is 31.8. The Kier molecular flexibility index (Phi) is 9.38. The molecule has 0 aromatic heterocycles. The summed E-state index contributed by atoms with van der Waals surface area (Å²) in [7, 11) is -2.76. The van der Waals surface area contributed by atoms with E-state index in [1.54, 1.807) is 0 Å². The van der Waals surface area contributed by atoms with E-state index in [2.05, 4.69) is 4.74 Å². The van der Waals surface area contributed by atoms with Gasteiger partial charge in [0.25, 0.3) is 5.69 Å². The van der Waals surface area contributed by atoms with Gasteiger partial charge in [-0.2, -0.15) is 43.9 Å². The Bertz CT molecular complexity index is 1020. The molecule has 0 N–H and O–H groups in total. The second-order valence-electron chi connectivity index (χ2n) is 6.59. The Morgan fingerprint density at radius 1 is 1.03 bits per heavy atom. The van der Waals surface area contributed by atoms with Crippen LogP contribution in [0.5, 0.6) is 0 Å². The smallest absolute Gasteiger partial charge is 0.384 e. The number of hydrogen-bond donors (Lipinski definition) is 0. The quantitative estimate of drug-likeness (QED) is 0.107. The Labute approximate surface area is 198 Å². The minimum absolute atomic E-state index is 0.280. The van der Waals surface area contributed by atoms with Crippen LogP contribution in [0.1, 0.15) is 0 Å². The minimum atomic E-state index is -7.79. The molecule has 0 aliphatic rings. The molecule has 36 heavy (non-hydrogen) atoms. The SMILES string of the molecule is CSc1ccc(S(=O)CC(=O)OCC(F)(F)C(F)(F)C(F)(F)C(F)(F)C(F)(F)C(F)F)c([N+](=O)[O-])c1. The second-order valence-corrected chi connectivity index (χ2v) is 8.89. The van der Waals surface area contributed by atoms with Crippen molar-refractivity contribution in [2.24, 2.45) is 0 Å². The van der Waals surface area contributed by atoms with Gasteiger partial charge in [0.1, 0.15) is 10.6 Å². The summed E-state index contributed by atoms with van der Waals surface area (Å²) in [4.78, 5) is 21.2. The number of ether oxygens (including phenoxy) is 1. The van der Waals surface area contributed by atoms with E-state index in [-0.39, 0.29) is 4.90 Å². The summed E-state index contributed by atoms with van der Waals surface area (Å²) in [5.74, 6) is -40.4. The molecule has 206 valence electrons. The van der Waals surface area contributed by atoms with Crippen molar-refractivity contribution in [1.82, 2.24) is 0 Å². The molecule has 1 rings (SSSR count). The molecule has 0 saturated carbocycles. The fourth-order valence-corrected chi connectivity index (χ4v) is 3.69. The molecule has 0 heterocycles. The van der Waals surface area contributed by atoms with E-state index in [0.717, 1.165) is 23.9 Å². The number of rotatable bonds is 12. The van der Waals surface area contributed by atoms with Crippen molar-refractivity contribution in [3.63, 3.8) is 0 Å². The van der Waals surface area contributed by atoms with Crippen LogP contribution in [0.15, 0.2) is 28.0 Å². The van der Waals surface area contributed by atoms with Crippen LogP contribution in [0.2, 0.25) is 0 Å². The van der Waals surface area contributed by atoms with Crippen molar-refractivity contribution in [1.29, 1.82) is 0 Å². The lowest BCUT2D eigenvalue weighted by Gasteiger charge is -2.38. The fraction of sp³-hybridized carbons (Fsp3) is 0.562. The zero-order valence-corrected chi connectivity index (χ0v) is 18.7. The van der Waals surface area contributed by atoms with Crippen molar-refractivity contribution in [2.45, 2.75) is 45.8 Å². The normalized spacial score (nSPS) is 14.6. The molecule has 0 spiro atoms. The Morgan fingerprint density at radius 2 is 1.56 bits per heavy atom. The van der Waals surface area contributed by atoms with E-state index in [1.807, 2.05) is 0 Å². The molecule has 1 aromatic rings. The zero-order valence-electron chi connectivity index (χ0n) is 17.1. The average molecular weight is 589 g/mol. The average Bonchev–Trinajstić information content (AvgIpc) is 2.76. The van der Waals surface area contributed by atoms with Crippen molar-refractivity contribution < 1.29 is 71.3 Å². The van der Waals surface area contributed by atoms with E-state index in [9.17, 15) is 71.8 Å². The Hall–Kier alpha value is -2.25. The molecule has 0 bridgehead atoms. The van der Waals surface area contributed by atoms with Gasteiger partial charge in [-0.1, -0.05) is 0 Å². The molecular formula is C16H11F12NO5S2. The summed E-state index contributed by atoms with van der Waals surface area (Å²) in [6.07, 6.45) is -4.17. The number of benzene rings is 1. The van der Waals surface area contributed by atoms with Gasteiger partial charge in [-0.3, -0.25) is 19.1 Å². The summed E-state index contributed by atoms with van der Waals surface area (Å²) in [5.41, 5.74) is -0.827. The molecular weight excluding hydrogens is 578 g/mol. The monoisotopic (exact) mass is 589 g/mol. The van der Waals surface area contributed by atoms with Gasteiger partial charge >= 0.3 is 42.0 Å². The van der Waals surface area contributed by atoms with Crippen molar-refractivity contribution in [3.05, 3.63) is 28.3 Å². The zero-order chi connectivity index (χ0) is 28.5. The van der Waals surface area contributed by atoms with Gasteiger partial charge in [-0.25, -0.2) is 8.78 Å². The number of thioether (sulfide) groups is 1. The fourth-order valence-electron chi connectivity index (χ4n) is 2.22. The maximum Gasteiger partial charge on any atom is 0.384 e. The largest absolute Gasteiger partial charge is 0.458 e.